The van der Waals surface area contributed by atoms with Gasteiger partial charge in [-0.1, -0.05) is 0 Å². The molecule has 2 heterocycles. The third-order valence-corrected chi connectivity index (χ3v) is 4.02. The number of carboxylic acid groups (broad SMARTS) is 1. The van der Waals surface area contributed by atoms with E-state index in [1.54, 1.807) is 0 Å². The minimum Gasteiger partial charge on any atom is -0.465 e. The van der Waals surface area contributed by atoms with Gasteiger partial charge in [-0.25, -0.2) is 4.79 Å². The Morgan fingerprint density at radius 2 is 2.18 bits per heavy atom. The Hall–Kier alpha value is -0.850. The normalized spacial score (nSPS) is 36.6. The summed E-state index contributed by atoms with van der Waals surface area (Å²) in [5.41, 5.74) is 5.41. The summed E-state index contributed by atoms with van der Waals surface area (Å²) >= 11 is 0. The van der Waals surface area contributed by atoms with Crippen LogP contribution in [0.5, 0.6) is 0 Å². The highest BCUT2D eigenvalue weighted by Crippen LogP contribution is 2.46. The highest BCUT2D eigenvalue weighted by Gasteiger charge is 2.58. The van der Waals surface area contributed by atoms with Crippen molar-refractivity contribution in [3.8, 4) is 0 Å². The number of nitrogens with zero attached hydrogens (tertiary/aromatic N) is 1. The van der Waals surface area contributed by atoms with E-state index in [0.717, 1.165) is 19.3 Å². The highest BCUT2D eigenvalue weighted by molar-refractivity contribution is 5.67. The fraction of sp³-hybridized carbons (Fsp3) is 0.909. The van der Waals surface area contributed by atoms with Crippen LogP contribution in [0.2, 0.25) is 0 Å². The number of hydrogen-bond acceptors (Lipinski definition) is 4. The first-order valence-corrected chi connectivity index (χ1v) is 5.88. The third-order valence-electron chi connectivity index (χ3n) is 4.02. The predicted octanol–water partition coefficient (Wildman–Crippen LogP) is 0.608. The second kappa shape index (κ2) is 4.44. The molecule has 0 radical (unpaired) electrons. The van der Waals surface area contributed by atoms with Gasteiger partial charge in [0.05, 0.1) is 5.54 Å². The molecule has 1 amide bonds. The molecule has 2 rings (SSSR count). The van der Waals surface area contributed by atoms with E-state index in [4.69, 9.17) is 15.2 Å². The van der Waals surface area contributed by atoms with Crippen LogP contribution in [0.15, 0.2) is 0 Å². The molecule has 0 saturated carbocycles. The fourth-order valence-electron chi connectivity index (χ4n) is 3.55. The zero-order valence-corrected chi connectivity index (χ0v) is 10.3. The quantitative estimate of drug-likeness (QED) is 0.710. The molecule has 98 valence electrons. The van der Waals surface area contributed by atoms with Crippen LogP contribution < -0.4 is 5.73 Å². The molecular formula is C11H20N2O4. The van der Waals surface area contributed by atoms with Gasteiger partial charge in [-0.3, -0.25) is 4.90 Å². The molecule has 3 N–H and O–H groups in total. The number of hydrogen-bond donors (Lipinski definition) is 2. The van der Waals surface area contributed by atoms with E-state index < -0.39 is 17.9 Å². The van der Waals surface area contributed by atoms with Crippen LogP contribution in [-0.2, 0) is 9.47 Å². The minimum atomic E-state index is -0.904. The maximum absolute atomic E-state index is 11.4. The van der Waals surface area contributed by atoms with Gasteiger partial charge in [-0.15, -0.1) is 0 Å². The predicted molar refractivity (Wildman–Crippen MR) is 60.6 cm³/mol. The van der Waals surface area contributed by atoms with Crippen LogP contribution in [0.3, 0.4) is 0 Å². The zero-order valence-electron chi connectivity index (χ0n) is 10.3. The lowest BCUT2D eigenvalue weighted by atomic mass is 9.85. The van der Waals surface area contributed by atoms with Gasteiger partial charge in [0.1, 0.15) is 0 Å². The number of methoxy groups -OCH3 is 2. The van der Waals surface area contributed by atoms with Crippen molar-refractivity contribution in [3.05, 3.63) is 0 Å². The summed E-state index contributed by atoms with van der Waals surface area (Å²) in [5.74, 6) is 0. The van der Waals surface area contributed by atoms with Crippen LogP contribution in [-0.4, -0.2) is 54.2 Å². The average molecular weight is 244 g/mol. The van der Waals surface area contributed by atoms with Gasteiger partial charge < -0.3 is 20.3 Å². The number of nitrogens with two attached hydrogens (primary N) is 1. The summed E-state index contributed by atoms with van der Waals surface area (Å²) in [6.45, 7) is 0. The fourth-order valence-corrected chi connectivity index (χ4v) is 3.55. The Morgan fingerprint density at radius 3 is 2.71 bits per heavy atom. The van der Waals surface area contributed by atoms with Crippen LogP contribution >= 0.6 is 0 Å². The standard InChI is InChI=1S/C11H20N2O4/c1-16-9(17-2)11-4-3-8(5-7(12)6-11)13(11)10(14)15/h7-9H,3-6,12H2,1-2H3,(H,14,15). The van der Waals surface area contributed by atoms with Crippen molar-refractivity contribution in [2.75, 3.05) is 14.2 Å². The van der Waals surface area contributed by atoms with Crippen LogP contribution in [0.25, 0.3) is 0 Å². The van der Waals surface area contributed by atoms with Gasteiger partial charge >= 0.3 is 6.09 Å². The number of ether oxygens (including phenoxy) is 2. The SMILES string of the molecule is COC(OC)C12CCC(CC(N)C1)N2C(=O)O. The van der Waals surface area contributed by atoms with Crippen LogP contribution in [0.4, 0.5) is 4.79 Å². The lowest BCUT2D eigenvalue weighted by molar-refractivity contribution is -0.187. The van der Waals surface area contributed by atoms with Gasteiger partial charge in [0.15, 0.2) is 6.29 Å². The molecule has 0 aromatic carbocycles. The summed E-state index contributed by atoms with van der Waals surface area (Å²) in [6.07, 6.45) is 1.47. The summed E-state index contributed by atoms with van der Waals surface area (Å²) in [6, 6.07) is 0.0231. The van der Waals surface area contributed by atoms with E-state index in [0.29, 0.717) is 6.42 Å². The molecule has 0 spiro atoms. The van der Waals surface area contributed by atoms with Gasteiger partial charge in [0.2, 0.25) is 0 Å². The van der Waals surface area contributed by atoms with E-state index in [2.05, 4.69) is 0 Å². The largest absolute Gasteiger partial charge is 0.465 e. The molecule has 2 aliphatic rings. The molecule has 0 aromatic rings. The van der Waals surface area contributed by atoms with Crippen molar-refractivity contribution in [1.82, 2.24) is 4.90 Å². The lowest BCUT2D eigenvalue weighted by Crippen LogP contribution is -2.63. The van der Waals surface area contributed by atoms with Crippen LogP contribution in [0, 0.1) is 0 Å². The number of piperidine rings is 1. The van der Waals surface area contributed by atoms with Gasteiger partial charge in [-0.05, 0) is 25.7 Å². The number of fused-ring (bicyclic) bond motifs is 2. The molecule has 3 unspecified atom stereocenters. The number of amides is 1. The van der Waals surface area contributed by atoms with Crippen LogP contribution in [0.1, 0.15) is 25.7 Å². The van der Waals surface area contributed by atoms with E-state index in [1.165, 1.54) is 19.1 Å². The Labute approximate surface area is 101 Å². The van der Waals surface area contributed by atoms with E-state index in [-0.39, 0.29) is 12.1 Å². The van der Waals surface area contributed by atoms with Crippen molar-refractivity contribution < 1.29 is 19.4 Å². The third kappa shape index (κ3) is 1.80. The zero-order chi connectivity index (χ0) is 12.6. The highest BCUT2D eigenvalue weighted by atomic mass is 16.7. The number of carbonyl (C=O) groups is 1. The summed E-state index contributed by atoms with van der Waals surface area (Å²) in [4.78, 5) is 12.9. The number of rotatable bonds is 3. The average Bonchev–Trinajstić information content (AvgIpc) is 2.51. The Balaban J connectivity index is 2.35. The first-order chi connectivity index (χ1) is 8.05. The second-order valence-electron chi connectivity index (χ2n) is 4.95. The molecular weight excluding hydrogens is 224 g/mol. The monoisotopic (exact) mass is 244 g/mol. The smallest absolute Gasteiger partial charge is 0.408 e. The molecule has 17 heavy (non-hydrogen) atoms. The molecule has 2 aliphatic heterocycles. The maximum Gasteiger partial charge on any atom is 0.408 e. The molecule has 2 bridgehead atoms. The Morgan fingerprint density at radius 1 is 1.53 bits per heavy atom. The topological polar surface area (TPSA) is 85.0 Å². The Bertz CT molecular complexity index is 308. The summed E-state index contributed by atoms with van der Waals surface area (Å²) in [7, 11) is 3.08. The first kappa shape index (κ1) is 12.6. The Kier molecular flexibility index (Phi) is 3.29. The van der Waals surface area contributed by atoms with Gasteiger partial charge in [0, 0.05) is 26.3 Å². The van der Waals surface area contributed by atoms with Gasteiger partial charge in [-0.2, -0.15) is 0 Å². The lowest BCUT2D eigenvalue weighted by Gasteiger charge is -2.48. The molecule has 0 aliphatic carbocycles. The van der Waals surface area contributed by atoms with Crippen molar-refractivity contribution in [2.45, 2.75) is 49.6 Å². The first-order valence-electron chi connectivity index (χ1n) is 5.88. The molecule has 3 atom stereocenters. The molecule has 6 heteroatoms. The molecule has 0 aromatic heterocycles. The molecule has 6 nitrogen and oxygen atoms in total. The van der Waals surface area contributed by atoms with Crippen molar-refractivity contribution in [3.63, 3.8) is 0 Å². The van der Waals surface area contributed by atoms with E-state index in [1.807, 2.05) is 0 Å². The molecule has 2 saturated heterocycles. The van der Waals surface area contributed by atoms with E-state index in [9.17, 15) is 9.90 Å². The van der Waals surface area contributed by atoms with Crippen molar-refractivity contribution in [2.24, 2.45) is 5.73 Å². The maximum atomic E-state index is 11.4. The second-order valence-corrected chi connectivity index (χ2v) is 4.95. The van der Waals surface area contributed by atoms with Gasteiger partial charge in [0.25, 0.3) is 0 Å². The minimum absolute atomic E-state index is 0.00375. The van der Waals surface area contributed by atoms with Crippen molar-refractivity contribution >= 4 is 6.09 Å². The van der Waals surface area contributed by atoms with Crippen molar-refractivity contribution in [1.29, 1.82) is 0 Å². The van der Waals surface area contributed by atoms with E-state index >= 15 is 0 Å². The summed E-state index contributed by atoms with van der Waals surface area (Å²) in [5, 5.41) is 9.38. The summed E-state index contributed by atoms with van der Waals surface area (Å²) < 4.78 is 10.6. The molecule has 2 fully saturated rings.